The van der Waals surface area contributed by atoms with E-state index >= 15 is 0 Å². The van der Waals surface area contributed by atoms with E-state index in [-0.39, 0.29) is 0 Å². The van der Waals surface area contributed by atoms with Crippen LogP contribution in [0.4, 0.5) is 5.69 Å². The first-order valence-corrected chi connectivity index (χ1v) is 10.9. The molecule has 0 unspecified atom stereocenters. The van der Waals surface area contributed by atoms with E-state index in [1.165, 1.54) is 6.07 Å². The van der Waals surface area contributed by atoms with Crippen LogP contribution in [0.2, 0.25) is 25.1 Å². The normalized spacial score (nSPS) is 9.69. The Morgan fingerprint density at radius 3 is 1.45 bits per heavy atom. The van der Waals surface area contributed by atoms with Crippen molar-refractivity contribution in [3.63, 3.8) is 0 Å². The Morgan fingerprint density at radius 2 is 1.10 bits per heavy atom. The summed E-state index contributed by atoms with van der Waals surface area (Å²) in [5, 5.41) is 20.6. The summed E-state index contributed by atoms with van der Waals surface area (Å²) in [5.74, 6) is 0. The zero-order valence-corrected chi connectivity index (χ0v) is 21.0. The minimum absolute atomic E-state index is 0.426. The number of hydrogen-bond donors (Lipinski definition) is 3. The van der Waals surface area contributed by atoms with E-state index in [4.69, 9.17) is 73.8 Å². The molecular weight excluding hydrogens is 589 g/mol. The van der Waals surface area contributed by atoms with Gasteiger partial charge in [-0.15, -0.1) is 0 Å². The molecule has 0 heterocycles. The first-order chi connectivity index (χ1) is 13.5. The highest BCUT2D eigenvalue weighted by atomic mass is 127. The van der Waals surface area contributed by atoms with Gasteiger partial charge in [0.1, 0.15) is 0 Å². The van der Waals surface area contributed by atoms with Crippen LogP contribution in [0.3, 0.4) is 0 Å². The first kappa shape index (κ1) is 26.7. The highest BCUT2D eigenvalue weighted by Gasteiger charge is 2.10. The number of nitrogen functional groups attached to an aromatic ring is 1. The van der Waals surface area contributed by atoms with Gasteiger partial charge in [-0.2, -0.15) is 0 Å². The van der Waals surface area contributed by atoms with E-state index in [1.807, 2.05) is 19.1 Å². The van der Waals surface area contributed by atoms with Gasteiger partial charge in [-0.25, -0.2) is 0 Å². The SMILES string of the molecule is Cc1cc(Cl)cc(B(O)O)c1.Clc1cc(Cl)cc(I)c1.Nc1cc(Cl)cc(Cl)c1. The second-order valence-corrected chi connectivity index (χ2v) is 9.15. The van der Waals surface area contributed by atoms with Crippen molar-refractivity contribution in [2.24, 2.45) is 0 Å². The van der Waals surface area contributed by atoms with Crippen molar-refractivity contribution < 1.29 is 10.0 Å². The van der Waals surface area contributed by atoms with E-state index in [2.05, 4.69) is 22.6 Å². The van der Waals surface area contributed by atoms with Gasteiger partial charge < -0.3 is 15.8 Å². The van der Waals surface area contributed by atoms with Crippen LogP contribution in [0, 0.1) is 10.5 Å². The third-order valence-electron chi connectivity index (χ3n) is 3.07. The molecule has 0 radical (unpaired) electrons. The van der Waals surface area contributed by atoms with Crippen molar-refractivity contribution in [1.82, 2.24) is 0 Å². The van der Waals surface area contributed by atoms with Gasteiger partial charge in [-0.3, -0.25) is 0 Å². The Balaban J connectivity index is 0.000000219. The highest BCUT2D eigenvalue weighted by Crippen LogP contribution is 2.20. The molecule has 0 aliphatic rings. The lowest BCUT2D eigenvalue weighted by Crippen LogP contribution is -2.29. The van der Waals surface area contributed by atoms with E-state index in [1.54, 1.807) is 36.4 Å². The number of anilines is 1. The molecule has 3 aromatic carbocycles. The quantitative estimate of drug-likeness (QED) is 0.169. The lowest BCUT2D eigenvalue weighted by atomic mass is 9.80. The first-order valence-electron chi connectivity index (χ1n) is 7.92. The molecule has 0 atom stereocenters. The molecule has 0 aromatic heterocycles. The molecule has 3 rings (SSSR count). The molecule has 3 nitrogen and oxygen atoms in total. The minimum atomic E-state index is -1.44. The number of aryl methyl sites for hydroxylation is 1. The van der Waals surface area contributed by atoms with Gasteiger partial charge in [0.15, 0.2) is 0 Å². The van der Waals surface area contributed by atoms with Crippen LogP contribution in [0.25, 0.3) is 0 Å². The molecule has 29 heavy (non-hydrogen) atoms. The molecule has 0 spiro atoms. The van der Waals surface area contributed by atoms with Gasteiger partial charge in [0.05, 0.1) is 0 Å². The monoisotopic (exact) mass is 603 g/mol. The predicted octanol–water partition coefficient (Wildman–Crippen LogP) is 6.50. The van der Waals surface area contributed by atoms with Gasteiger partial charge >= 0.3 is 7.12 Å². The zero-order chi connectivity index (χ0) is 22.1. The Labute approximate surface area is 209 Å². The topological polar surface area (TPSA) is 66.5 Å². The molecule has 0 saturated heterocycles. The van der Waals surface area contributed by atoms with Crippen LogP contribution in [0.15, 0.2) is 54.6 Å². The Hall–Kier alpha value is -0.375. The summed E-state index contributed by atoms with van der Waals surface area (Å²) in [6, 6.07) is 15.3. The predicted molar refractivity (Wildman–Crippen MR) is 136 cm³/mol. The molecule has 0 saturated carbocycles. The molecule has 0 fully saturated rings. The van der Waals surface area contributed by atoms with Crippen LogP contribution >= 0.6 is 80.6 Å². The van der Waals surface area contributed by atoms with Crippen molar-refractivity contribution >= 4 is 98.9 Å². The maximum absolute atomic E-state index is 8.77. The summed E-state index contributed by atoms with van der Waals surface area (Å²) in [5.41, 5.74) is 7.32. The lowest BCUT2D eigenvalue weighted by molar-refractivity contribution is 0.425. The molecule has 0 amide bonds. The number of halogens is 6. The van der Waals surface area contributed by atoms with E-state index in [0.717, 1.165) is 9.13 Å². The molecule has 10 heteroatoms. The summed E-state index contributed by atoms with van der Waals surface area (Å²) in [6.45, 7) is 1.84. The summed E-state index contributed by atoms with van der Waals surface area (Å²) >= 11 is 30.3. The summed E-state index contributed by atoms with van der Waals surface area (Å²) in [6.07, 6.45) is 0. The average Bonchev–Trinajstić information content (AvgIpc) is 2.52. The van der Waals surface area contributed by atoms with Crippen molar-refractivity contribution in [3.05, 3.63) is 88.8 Å². The second kappa shape index (κ2) is 13.1. The third kappa shape index (κ3) is 11.6. The summed E-state index contributed by atoms with van der Waals surface area (Å²) in [4.78, 5) is 0. The summed E-state index contributed by atoms with van der Waals surface area (Å²) in [7, 11) is -1.44. The van der Waals surface area contributed by atoms with Crippen molar-refractivity contribution in [2.75, 3.05) is 5.73 Å². The van der Waals surface area contributed by atoms with Crippen LogP contribution in [-0.4, -0.2) is 17.2 Å². The molecule has 3 aromatic rings. The fraction of sp³-hybridized carbons (Fsp3) is 0.0526. The minimum Gasteiger partial charge on any atom is -0.423 e. The number of hydrogen-bond acceptors (Lipinski definition) is 3. The lowest BCUT2D eigenvalue weighted by Gasteiger charge is -2.01. The largest absolute Gasteiger partial charge is 0.488 e. The van der Waals surface area contributed by atoms with Crippen LogP contribution in [0.5, 0.6) is 0 Å². The fourth-order valence-corrected chi connectivity index (χ4v) is 4.42. The maximum atomic E-state index is 8.77. The standard InChI is InChI=1S/C7H8BClO2.C6H3Cl2I.C6H5Cl2N/c1-5-2-6(8(10)11)4-7(9)3-5;2*7-4-1-5(8)3-6(9)2-4/h2-4,10-11H,1H3;1-3H;1-3H,9H2. The van der Waals surface area contributed by atoms with E-state index < -0.39 is 7.12 Å². The third-order valence-corrected chi connectivity index (χ3v) is 4.79. The number of nitrogens with two attached hydrogens (primary N) is 1. The van der Waals surface area contributed by atoms with Gasteiger partial charge in [0, 0.05) is 34.4 Å². The van der Waals surface area contributed by atoms with Gasteiger partial charge in [-0.05, 0) is 89.1 Å². The van der Waals surface area contributed by atoms with Crippen LogP contribution in [0.1, 0.15) is 5.56 Å². The number of rotatable bonds is 1. The van der Waals surface area contributed by atoms with Crippen LogP contribution < -0.4 is 11.2 Å². The second-order valence-electron chi connectivity index (χ2n) is 5.73. The van der Waals surface area contributed by atoms with Gasteiger partial charge in [-0.1, -0.05) is 64.1 Å². The fourth-order valence-electron chi connectivity index (χ4n) is 2.01. The molecule has 0 aliphatic carbocycles. The van der Waals surface area contributed by atoms with E-state index in [9.17, 15) is 0 Å². The Bertz CT molecular complexity index is 789. The highest BCUT2D eigenvalue weighted by molar-refractivity contribution is 14.1. The molecule has 0 aliphatic heterocycles. The number of benzene rings is 3. The molecule has 154 valence electrons. The van der Waals surface area contributed by atoms with E-state index in [0.29, 0.717) is 36.3 Å². The zero-order valence-electron chi connectivity index (χ0n) is 15.0. The average molecular weight is 605 g/mol. The Kier molecular flexibility index (Phi) is 12.1. The smallest absolute Gasteiger partial charge is 0.423 e. The van der Waals surface area contributed by atoms with Gasteiger partial charge in [0.25, 0.3) is 0 Å². The van der Waals surface area contributed by atoms with Gasteiger partial charge in [0.2, 0.25) is 0 Å². The van der Waals surface area contributed by atoms with Crippen molar-refractivity contribution in [1.29, 1.82) is 0 Å². The van der Waals surface area contributed by atoms with Crippen LogP contribution in [-0.2, 0) is 0 Å². The summed E-state index contributed by atoms with van der Waals surface area (Å²) < 4.78 is 1.06. The molecule has 4 N–H and O–H groups in total. The van der Waals surface area contributed by atoms with Crippen molar-refractivity contribution in [3.8, 4) is 0 Å². The van der Waals surface area contributed by atoms with Crippen molar-refractivity contribution in [2.45, 2.75) is 6.92 Å². The molecule has 0 bridgehead atoms. The molecular formula is C19H16BCl5INO2. The Morgan fingerprint density at radius 1 is 0.690 bits per heavy atom. The maximum Gasteiger partial charge on any atom is 0.488 e.